The van der Waals surface area contributed by atoms with E-state index < -0.39 is 10.0 Å². The van der Waals surface area contributed by atoms with Gasteiger partial charge < -0.3 is 4.90 Å². The van der Waals surface area contributed by atoms with Gasteiger partial charge in [0.15, 0.2) is 0 Å². The van der Waals surface area contributed by atoms with Gasteiger partial charge >= 0.3 is 0 Å². The number of amides is 1. The van der Waals surface area contributed by atoms with E-state index >= 15 is 0 Å². The first-order valence-electron chi connectivity index (χ1n) is 8.73. The molecule has 138 valence electrons. The lowest BCUT2D eigenvalue weighted by atomic mass is 10.1. The monoisotopic (exact) mass is 372 g/mol. The molecule has 1 aliphatic rings. The molecule has 2 aromatic rings. The van der Waals surface area contributed by atoms with Gasteiger partial charge in [0, 0.05) is 31.7 Å². The molecule has 5 nitrogen and oxygen atoms in total. The Hall–Kier alpha value is -2.18. The Morgan fingerprint density at radius 3 is 2.15 bits per heavy atom. The Kier molecular flexibility index (Phi) is 5.16. The fourth-order valence-corrected chi connectivity index (χ4v) is 4.97. The van der Waals surface area contributed by atoms with Crippen LogP contribution < -0.4 is 0 Å². The molecule has 1 amide bonds. The van der Waals surface area contributed by atoms with Crippen LogP contribution in [0.25, 0.3) is 0 Å². The third kappa shape index (κ3) is 3.52. The average molecular weight is 372 g/mol. The second-order valence-corrected chi connectivity index (χ2v) is 8.69. The summed E-state index contributed by atoms with van der Waals surface area (Å²) < 4.78 is 27.4. The van der Waals surface area contributed by atoms with Crippen LogP contribution in [0.3, 0.4) is 0 Å². The van der Waals surface area contributed by atoms with E-state index in [-0.39, 0.29) is 5.91 Å². The van der Waals surface area contributed by atoms with Gasteiger partial charge in [-0.2, -0.15) is 4.31 Å². The first-order valence-corrected chi connectivity index (χ1v) is 10.2. The summed E-state index contributed by atoms with van der Waals surface area (Å²) in [5.41, 5.74) is 3.40. The predicted molar refractivity (Wildman–Crippen MR) is 102 cm³/mol. The van der Waals surface area contributed by atoms with E-state index in [1.807, 2.05) is 57.2 Å². The van der Waals surface area contributed by atoms with E-state index in [9.17, 15) is 13.2 Å². The van der Waals surface area contributed by atoms with E-state index in [2.05, 4.69) is 0 Å². The Balaban J connectivity index is 1.74. The highest BCUT2D eigenvalue weighted by molar-refractivity contribution is 7.89. The van der Waals surface area contributed by atoms with Crippen LogP contribution in [-0.2, 0) is 10.0 Å². The quantitative estimate of drug-likeness (QED) is 0.832. The third-order valence-electron chi connectivity index (χ3n) is 4.85. The first kappa shape index (κ1) is 18.6. The molecule has 1 heterocycles. The molecule has 0 radical (unpaired) electrons. The van der Waals surface area contributed by atoms with E-state index in [0.29, 0.717) is 36.6 Å². The van der Waals surface area contributed by atoms with Crippen molar-refractivity contribution in [1.29, 1.82) is 0 Å². The van der Waals surface area contributed by atoms with Crippen molar-refractivity contribution in [3.63, 3.8) is 0 Å². The minimum Gasteiger partial charge on any atom is -0.336 e. The van der Waals surface area contributed by atoms with Crippen LogP contribution in [0.4, 0.5) is 0 Å². The fourth-order valence-electron chi connectivity index (χ4n) is 3.34. The first-order chi connectivity index (χ1) is 12.3. The van der Waals surface area contributed by atoms with Crippen molar-refractivity contribution < 1.29 is 13.2 Å². The third-order valence-corrected chi connectivity index (χ3v) is 6.91. The van der Waals surface area contributed by atoms with Gasteiger partial charge in [0.1, 0.15) is 0 Å². The highest BCUT2D eigenvalue weighted by Gasteiger charge is 2.31. The largest absolute Gasteiger partial charge is 0.336 e. The number of hydrogen-bond donors (Lipinski definition) is 0. The van der Waals surface area contributed by atoms with Crippen LogP contribution >= 0.6 is 0 Å². The maximum absolute atomic E-state index is 12.9. The topological polar surface area (TPSA) is 57.7 Å². The van der Waals surface area contributed by atoms with Crippen molar-refractivity contribution in [3.8, 4) is 0 Å². The summed E-state index contributed by atoms with van der Waals surface area (Å²) in [4.78, 5) is 14.8. The molecular formula is C20H24N2O3S. The molecule has 0 unspecified atom stereocenters. The SMILES string of the molecule is Cc1ccc(S(=O)(=O)N2CCN(C(=O)c3ccccc3C)CC2)c(C)c1. The summed E-state index contributed by atoms with van der Waals surface area (Å²) in [5.74, 6) is -0.0355. The van der Waals surface area contributed by atoms with Gasteiger partial charge in [-0.1, -0.05) is 35.9 Å². The number of piperazine rings is 1. The van der Waals surface area contributed by atoms with Crippen molar-refractivity contribution in [2.45, 2.75) is 25.7 Å². The molecule has 2 aromatic carbocycles. The van der Waals surface area contributed by atoms with Crippen LogP contribution in [0.2, 0.25) is 0 Å². The molecule has 6 heteroatoms. The summed E-state index contributed by atoms with van der Waals surface area (Å²) in [6.45, 7) is 7.10. The number of nitrogens with zero attached hydrogens (tertiary/aromatic N) is 2. The molecule has 0 bridgehead atoms. The van der Waals surface area contributed by atoms with E-state index in [4.69, 9.17) is 0 Å². The molecule has 0 saturated carbocycles. The second kappa shape index (κ2) is 7.21. The second-order valence-electron chi connectivity index (χ2n) is 6.78. The number of benzene rings is 2. The molecular weight excluding hydrogens is 348 g/mol. The zero-order valence-electron chi connectivity index (χ0n) is 15.4. The number of rotatable bonds is 3. The van der Waals surface area contributed by atoms with Crippen molar-refractivity contribution in [1.82, 2.24) is 9.21 Å². The molecule has 0 spiro atoms. The Morgan fingerprint density at radius 1 is 0.885 bits per heavy atom. The van der Waals surface area contributed by atoms with Gasteiger partial charge in [-0.3, -0.25) is 4.79 Å². The molecule has 1 saturated heterocycles. The zero-order valence-corrected chi connectivity index (χ0v) is 16.2. The molecule has 3 rings (SSSR count). The van der Waals surface area contributed by atoms with Gasteiger partial charge in [0.25, 0.3) is 5.91 Å². The van der Waals surface area contributed by atoms with Gasteiger partial charge in [0.2, 0.25) is 10.0 Å². The molecule has 1 fully saturated rings. The fraction of sp³-hybridized carbons (Fsp3) is 0.350. The summed E-state index contributed by atoms with van der Waals surface area (Å²) in [6.07, 6.45) is 0. The Morgan fingerprint density at radius 2 is 1.54 bits per heavy atom. The van der Waals surface area contributed by atoms with Gasteiger partial charge in [-0.25, -0.2) is 8.42 Å². The summed E-state index contributed by atoms with van der Waals surface area (Å²) in [5, 5.41) is 0. The van der Waals surface area contributed by atoms with Gasteiger partial charge in [-0.05, 0) is 44.0 Å². The predicted octanol–water partition coefficient (Wildman–Crippen LogP) is 2.76. The highest BCUT2D eigenvalue weighted by Crippen LogP contribution is 2.22. The zero-order chi connectivity index (χ0) is 18.9. The molecule has 0 aromatic heterocycles. The molecule has 26 heavy (non-hydrogen) atoms. The van der Waals surface area contributed by atoms with Crippen LogP contribution in [0.15, 0.2) is 47.4 Å². The van der Waals surface area contributed by atoms with Gasteiger partial charge in [0.05, 0.1) is 4.90 Å². The van der Waals surface area contributed by atoms with Crippen LogP contribution in [0.5, 0.6) is 0 Å². The van der Waals surface area contributed by atoms with Crippen LogP contribution in [0, 0.1) is 20.8 Å². The van der Waals surface area contributed by atoms with E-state index in [1.54, 1.807) is 11.0 Å². The number of carbonyl (C=O) groups is 1. The maximum atomic E-state index is 12.9. The van der Waals surface area contributed by atoms with E-state index in [1.165, 1.54) is 4.31 Å². The van der Waals surface area contributed by atoms with Gasteiger partial charge in [-0.15, -0.1) is 0 Å². The lowest BCUT2D eigenvalue weighted by Gasteiger charge is -2.34. The minimum atomic E-state index is -3.54. The Bertz CT molecular complexity index is 930. The number of aryl methyl sites for hydroxylation is 3. The van der Waals surface area contributed by atoms with Crippen molar-refractivity contribution in [2.24, 2.45) is 0 Å². The van der Waals surface area contributed by atoms with Crippen molar-refractivity contribution in [2.75, 3.05) is 26.2 Å². The summed E-state index contributed by atoms with van der Waals surface area (Å²) in [6, 6.07) is 12.8. The number of hydrogen-bond acceptors (Lipinski definition) is 3. The highest BCUT2D eigenvalue weighted by atomic mass is 32.2. The van der Waals surface area contributed by atoms with E-state index in [0.717, 1.165) is 16.7 Å². The standard InChI is InChI=1S/C20H24N2O3S/c1-15-8-9-19(17(3)14-15)26(24,25)22-12-10-21(11-13-22)20(23)18-7-5-4-6-16(18)2/h4-9,14H,10-13H2,1-3H3. The molecule has 0 atom stereocenters. The van der Waals surface area contributed by atoms with Crippen molar-refractivity contribution >= 4 is 15.9 Å². The van der Waals surface area contributed by atoms with Crippen LogP contribution in [-0.4, -0.2) is 49.7 Å². The lowest BCUT2D eigenvalue weighted by Crippen LogP contribution is -2.50. The van der Waals surface area contributed by atoms with Crippen molar-refractivity contribution in [3.05, 3.63) is 64.7 Å². The molecule has 1 aliphatic heterocycles. The number of carbonyl (C=O) groups excluding carboxylic acids is 1. The Labute approximate surface area is 155 Å². The summed E-state index contributed by atoms with van der Waals surface area (Å²) >= 11 is 0. The summed E-state index contributed by atoms with van der Waals surface area (Å²) in [7, 11) is -3.54. The maximum Gasteiger partial charge on any atom is 0.254 e. The molecule has 0 aliphatic carbocycles. The normalized spacial score (nSPS) is 15.9. The average Bonchev–Trinajstić information content (AvgIpc) is 2.61. The number of sulfonamides is 1. The molecule has 0 N–H and O–H groups in total. The lowest BCUT2D eigenvalue weighted by molar-refractivity contribution is 0.0697. The smallest absolute Gasteiger partial charge is 0.254 e. The van der Waals surface area contributed by atoms with Crippen LogP contribution in [0.1, 0.15) is 27.0 Å². The minimum absolute atomic E-state index is 0.0355.